The Bertz CT molecular complexity index is 203. The van der Waals surface area contributed by atoms with Gasteiger partial charge in [-0.15, -0.1) is 0 Å². The minimum absolute atomic E-state index is 0.0321. The van der Waals surface area contributed by atoms with E-state index in [9.17, 15) is 5.11 Å². The largest absolute Gasteiger partial charge is 0.390 e. The molecule has 3 atom stereocenters. The zero-order chi connectivity index (χ0) is 11.1. The number of aliphatic hydroxyl groups is 1. The molecule has 0 spiro atoms. The van der Waals surface area contributed by atoms with Crippen molar-refractivity contribution in [2.24, 2.45) is 10.8 Å². The van der Waals surface area contributed by atoms with E-state index in [1.54, 1.807) is 0 Å². The second-order valence-corrected chi connectivity index (χ2v) is 6.33. The molecule has 0 radical (unpaired) electrons. The van der Waals surface area contributed by atoms with Crippen molar-refractivity contribution in [1.82, 2.24) is 0 Å². The summed E-state index contributed by atoms with van der Waals surface area (Å²) in [5, 5.41) is 9.96. The van der Waals surface area contributed by atoms with Crippen LogP contribution in [0.15, 0.2) is 0 Å². The monoisotopic (exact) mass is 200 g/mol. The third kappa shape index (κ3) is 2.29. The standard InChI is InChI=1S/C12H24O2/c1-8-10(13)12(5,6)7-9(14-8)11(2,3)4/h8-10,13H,7H2,1-6H3/t8?,9?,10-/m1/s1. The van der Waals surface area contributed by atoms with E-state index in [0.717, 1.165) is 6.42 Å². The maximum atomic E-state index is 9.96. The van der Waals surface area contributed by atoms with Crippen LogP contribution in [0.4, 0.5) is 0 Å². The first-order chi connectivity index (χ1) is 6.14. The van der Waals surface area contributed by atoms with Crippen molar-refractivity contribution in [3.63, 3.8) is 0 Å². The molecule has 2 nitrogen and oxygen atoms in total. The van der Waals surface area contributed by atoms with Crippen LogP contribution in [-0.2, 0) is 4.74 Å². The zero-order valence-corrected chi connectivity index (χ0v) is 10.3. The van der Waals surface area contributed by atoms with Gasteiger partial charge < -0.3 is 9.84 Å². The molecule has 0 aromatic carbocycles. The van der Waals surface area contributed by atoms with Gasteiger partial charge in [-0.25, -0.2) is 0 Å². The number of hydrogen-bond donors (Lipinski definition) is 1. The molecule has 1 aliphatic rings. The predicted molar refractivity (Wildman–Crippen MR) is 58.2 cm³/mol. The van der Waals surface area contributed by atoms with Crippen molar-refractivity contribution in [2.45, 2.75) is 66.3 Å². The Balaban J connectivity index is 2.79. The number of aliphatic hydroxyl groups excluding tert-OH is 1. The van der Waals surface area contributed by atoms with Crippen LogP contribution in [0, 0.1) is 10.8 Å². The molecule has 0 saturated carbocycles. The summed E-state index contributed by atoms with van der Waals surface area (Å²) in [7, 11) is 0. The number of ether oxygens (including phenoxy) is 1. The molecule has 2 unspecified atom stereocenters. The molecule has 0 bridgehead atoms. The lowest BCUT2D eigenvalue weighted by molar-refractivity contribution is -0.190. The Morgan fingerprint density at radius 1 is 1.29 bits per heavy atom. The van der Waals surface area contributed by atoms with Gasteiger partial charge in [0.15, 0.2) is 0 Å². The van der Waals surface area contributed by atoms with Crippen LogP contribution < -0.4 is 0 Å². The third-order valence-electron chi connectivity index (χ3n) is 3.30. The van der Waals surface area contributed by atoms with E-state index >= 15 is 0 Å². The highest BCUT2D eigenvalue weighted by atomic mass is 16.5. The Kier molecular flexibility index (Phi) is 2.99. The van der Waals surface area contributed by atoms with Gasteiger partial charge in [0.1, 0.15) is 0 Å². The first-order valence-corrected chi connectivity index (χ1v) is 5.48. The predicted octanol–water partition coefficient (Wildman–Crippen LogP) is 2.60. The van der Waals surface area contributed by atoms with E-state index in [4.69, 9.17) is 4.74 Å². The molecule has 0 aliphatic carbocycles. The average molecular weight is 200 g/mol. The topological polar surface area (TPSA) is 29.5 Å². The van der Waals surface area contributed by atoms with Crippen molar-refractivity contribution in [3.8, 4) is 0 Å². The zero-order valence-electron chi connectivity index (χ0n) is 10.3. The summed E-state index contributed by atoms with van der Waals surface area (Å²) in [6.07, 6.45) is 0.780. The van der Waals surface area contributed by atoms with Crippen molar-refractivity contribution >= 4 is 0 Å². The van der Waals surface area contributed by atoms with Gasteiger partial charge in [-0.1, -0.05) is 34.6 Å². The van der Waals surface area contributed by atoms with Gasteiger partial charge in [0.05, 0.1) is 18.3 Å². The maximum Gasteiger partial charge on any atom is 0.0850 e. The van der Waals surface area contributed by atoms with Crippen LogP contribution in [0.2, 0.25) is 0 Å². The van der Waals surface area contributed by atoms with E-state index < -0.39 is 0 Å². The summed E-state index contributed by atoms with van der Waals surface area (Å²) in [4.78, 5) is 0. The molecular formula is C12H24O2. The second-order valence-electron chi connectivity index (χ2n) is 6.33. The van der Waals surface area contributed by atoms with E-state index in [1.165, 1.54) is 0 Å². The normalized spacial score (nSPS) is 38.4. The SMILES string of the molecule is CC1OC(C(C)(C)C)CC(C)(C)[C@@H]1O. The molecular weight excluding hydrogens is 176 g/mol. The van der Waals surface area contributed by atoms with E-state index in [-0.39, 0.29) is 29.1 Å². The summed E-state index contributed by atoms with van der Waals surface area (Å²) in [6, 6.07) is 0. The summed E-state index contributed by atoms with van der Waals surface area (Å²) in [6.45, 7) is 12.8. The third-order valence-corrected chi connectivity index (χ3v) is 3.30. The van der Waals surface area contributed by atoms with Gasteiger partial charge in [0.25, 0.3) is 0 Å². The van der Waals surface area contributed by atoms with Crippen molar-refractivity contribution in [1.29, 1.82) is 0 Å². The fourth-order valence-corrected chi connectivity index (χ4v) is 2.13. The fourth-order valence-electron chi connectivity index (χ4n) is 2.13. The highest BCUT2D eigenvalue weighted by Gasteiger charge is 2.44. The molecule has 1 heterocycles. The van der Waals surface area contributed by atoms with Crippen LogP contribution >= 0.6 is 0 Å². The summed E-state index contributed by atoms with van der Waals surface area (Å²) < 4.78 is 5.85. The molecule has 1 aliphatic heterocycles. The molecule has 2 heteroatoms. The number of hydrogen-bond acceptors (Lipinski definition) is 2. The van der Waals surface area contributed by atoms with Gasteiger partial charge in [0, 0.05) is 0 Å². The lowest BCUT2D eigenvalue weighted by atomic mass is 9.71. The molecule has 0 aromatic heterocycles. The van der Waals surface area contributed by atoms with E-state index in [2.05, 4.69) is 34.6 Å². The minimum Gasteiger partial charge on any atom is -0.390 e. The van der Waals surface area contributed by atoms with Crippen molar-refractivity contribution in [2.75, 3.05) is 0 Å². The molecule has 1 N–H and O–H groups in total. The van der Waals surface area contributed by atoms with Gasteiger partial charge in [0.2, 0.25) is 0 Å². The number of rotatable bonds is 0. The Morgan fingerprint density at radius 3 is 2.14 bits per heavy atom. The average Bonchev–Trinajstić information content (AvgIpc) is 1.97. The Morgan fingerprint density at radius 2 is 1.79 bits per heavy atom. The van der Waals surface area contributed by atoms with Gasteiger partial charge >= 0.3 is 0 Å². The van der Waals surface area contributed by atoms with Crippen LogP contribution in [0.3, 0.4) is 0 Å². The first-order valence-electron chi connectivity index (χ1n) is 5.48. The lowest BCUT2D eigenvalue weighted by Gasteiger charge is -2.47. The Labute approximate surface area is 87.7 Å². The highest BCUT2D eigenvalue weighted by molar-refractivity contribution is 4.93. The molecule has 84 valence electrons. The van der Waals surface area contributed by atoms with Crippen LogP contribution in [0.1, 0.15) is 48.0 Å². The van der Waals surface area contributed by atoms with Crippen LogP contribution in [0.25, 0.3) is 0 Å². The quantitative estimate of drug-likeness (QED) is 0.651. The van der Waals surface area contributed by atoms with Crippen LogP contribution in [0.5, 0.6) is 0 Å². The van der Waals surface area contributed by atoms with Gasteiger partial charge in [-0.2, -0.15) is 0 Å². The maximum absolute atomic E-state index is 9.96. The smallest absolute Gasteiger partial charge is 0.0850 e. The molecule has 1 saturated heterocycles. The molecule has 0 amide bonds. The minimum atomic E-state index is -0.346. The Hall–Kier alpha value is -0.0800. The molecule has 1 rings (SSSR count). The molecule has 14 heavy (non-hydrogen) atoms. The van der Waals surface area contributed by atoms with Crippen LogP contribution in [-0.4, -0.2) is 23.4 Å². The summed E-state index contributed by atoms with van der Waals surface area (Å²) >= 11 is 0. The fraction of sp³-hybridized carbons (Fsp3) is 1.00. The summed E-state index contributed by atoms with van der Waals surface area (Å²) in [5.41, 5.74) is 0.126. The van der Waals surface area contributed by atoms with E-state index in [1.807, 2.05) is 6.92 Å². The second kappa shape index (κ2) is 3.49. The first kappa shape index (κ1) is 12.0. The van der Waals surface area contributed by atoms with Gasteiger partial charge in [-0.3, -0.25) is 0 Å². The highest BCUT2D eigenvalue weighted by Crippen LogP contribution is 2.41. The molecule has 0 aromatic rings. The lowest BCUT2D eigenvalue weighted by Crippen LogP contribution is -2.51. The van der Waals surface area contributed by atoms with Gasteiger partial charge in [-0.05, 0) is 24.2 Å². The molecule has 1 fully saturated rings. The van der Waals surface area contributed by atoms with Crippen molar-refractivity contribution in [3.05, 3.63) is 0 Å². The van der Waals surface area contributed by atoms with E-state index in [0.29, 0.717) is 0 Å². The summed E-state index contributed by atoms with van der Waals surface area (Å²) in [5.74, 6) is 0. The van der Waals surface area contributed by atoms with Crippen molar-refractivity contribution < 1.29 is 9.84 Å².